The molecular formula is C17H32O5. The van der Waals surface area contributed by atoms with E-state index >= 15 is 0 Å². The Bertz CT molecular complexity index is 320. The first kappa shape index (κ1) is 19.4. The van der Waals surface area contributed by atoms with Gasteiger partial charge in [-0.1, -0.05) is 33.6 Å². The monoisotopic (exact) mass is 316 g/mol. The van der Waals surface area contributed by atoms with Crippen molar-refractivity contribution in [3.63, 3.8) is 0 Å². The lowest BCUT2D eigenvalue weighted by molar-refractivity contribution is -0.255. The minimum atomic E-state index is -0.275. The van der Waals surface area contributed by atoms with Gasteiger partial charge in [-0.2, -0.15) is 0 Å². The molecule has 22 heavy (non-hydrogen) atoms. The average molecular weight is 316 g/mol. The number of aliphatic hydroxyl groups is 1. The second kappa shape index (κ2) is 10.2. The molecule has 5 atom stereocenters. The van der Waals surface area contributed by atoms with Crippen LogP contribution in [0.1, 0.15) is 53.4 Å². The molecule has 1 fully saturated rings. The maximum absolute atomic E-state index is 11.0. The molecule has 1 N–H and O–H groups in total. The Hall–Kier alpha value is -0.650. The molecule has 1 aliphatic heterocycles. The molecule has 1 saturated heterocycles. The van der Waals surface area contributed by atoms with Crippen LogP contribution in [0.5, 0.6) is 0 Å². The smallest absolute Gasteiger partial charge is 0.302 e. The fourth-order valence-electron chi connectivity index (χ4n) is 2.83. The summed E-state index contributed by atoms with van der Waals surface area (Å²) in [6, 6.07) is 0. The fourth-order valence-corrected chi connectivity index (χ4v) is 2.83. The second-order valence-electron chi connectivity index (χ2n) is 6.43. The van der Waals surface area contributed by atoms with Gasteiger partial charge in [0.1, 0.15) is 6.61 Å². The summed E-state index contributed by atoms with van der Waals surface area (Å²) in [5, 5.41) is 8.75. The number of ether oxygens (including phenoxy) is 3. The van der Waals surface area contributed by atoms with E-state index in [-0.39, 0.29) is 25.0 Å². The maximum atomic E-state index is 11.0. The SMILES string of the molecule is CC(=O)OCC1O[C@@H](OCCCCCCO)[C@@H](C)[C@H](C)C1C. The number of hydrogen-bond donors (Lipinski definition) is 1. The molecule has 1 aliphatic rings. The van der Waals surface area contributed by atoms with E-state index in [0.29, 0.717) is 31.0 Å². The van der Waals surface area contributed by atoms with Crippen LogP contribution in [0.3, 0.4) is 0 Å². The molecule has 0 saturated carbocycles. The molecule has 0 bridgehead atoms. The highest BCUT2D eigenvalue weighted by molar-refractivity contribution is 5.65. The molecule has 0 radical (unpaired) electrons. The van der Waals surface area contributed by atoms with E-state index in [1.165, 1.54) is 6.92 Å². The molecule has 130 valence electrons. The van der Waals surface area contributed by atoms with E-state index in [0.717, 1.165) is 25.7 Å². The van der Waals surface area contributed by atoms with Gasteiger partial charge in [0.25, 0.3) is 0 Å². The van der Waals surface area contributed by atoms with Crippen molar-refractivity contribution in [1.82, 2.24) is 0 Å². The third kappa shape index (κ3) is 6.23. The zero-order valence-electron chi connectivity index (χ0n) is 14.4. The van der Waals surface area contributed by atoms with Crippen molar-refractivity contribution < 1.29 is 24.1 Å². The molecule has 0 spiro atoms. The fraction of sp³-hybridized carbons (Fsp3) is 0.941. The Morgan fingerprint density at radius 2 is 1.73 bits per heavy atom. The van der Waals surface area contributed by atoms with E-state index in [2.05, 4.69) is 20.8 Å². The molecule has 5 heteroatoms. The van der Waals surface area contributed by atoms with Crippen molar-refractivity contribution in [2.45, 2.75) is 65.8 Å². The van der Waals surface area contributed by atoms with Crippen molar-refractivity contribution >= 4 is 5.97 Å². The summed E-state index contributed by atoms with van der Waals surface area (Å²) in [5.74, 6) is 0.830. The van der Waals surface area contributed by atoms with Crippen LogP contribution >= 0.6 is 0 Å². The van der Waals surface area contributed by atoms with Crippen molar-refractivity contribution in [1.29, 1.82) is 0 Å². The third-order valence-electron chi connectivity index (χ3n) is 4.77. The molecule has 0 amide bonds. The maximum Gasteiger partial charge on any atom is 0.302 e. The number of carbonyl (C=O) groups excluding carboxylic acids is 1. The van der Waals surface area contributed by atoms with Gasteiger partial charge in [0.05, 0.1) is 6.10 Å². The van der Waals surface area contributed by atoms with E-state index < -0.39 is 0 Å². The molecule has 2 unspecified atom stereocenters. The number of carbonyl (C=O) groups is 1. The average Bonchev–Trinajstić information content (AvgIpc) is 2.49. The number of unbranched alkanes of at least 4 members (excludes halogenated alkanes) is 3. The van der Waals surface area contributed by atoms with Gasteiger partial charge in [-0.05, 0) is 24.7 Å². The van der Waals surface area contributed by atoms with Gasteiger partial charge in [-0.25, -0.2) is 0 Å². The molecule has 0 aromatic heterocycles. The van der Waals surface area contributed by atoms with Crippen LogP contribution in [0.25, 0.3) is 0 Å². The molecule has 0 aliphatic carbocycles. The summed E-state index contributed by atoms with van der Waals surface area (Å²) in [7, 11) is 0. The van der Waals surface area contributed by atoms with Gasteiger partial charge < -0.3 is 19.3 Å². The summed E-state index contributed by atoms with van der Waals surface area (Å²) >= 11 is 0. The first-order chi connectivity index (χ1) is 10.5. The molecular weight excluding hydrogens is 284 g/mol. The summed E-state index contributed by atoms with van der Waals surface area (Å²) in [5.41, 5.74) is 0. The predicted octanol–water partition coefficient (Wildman–Crippen LogP) is 2.75. The van der Waals surface area contributed by atoms with Crippen LogP contribution in [-0.4, -0.2) is 43.3 Å². The lowest BCUT2D eigenvalue weighted by Gasteiger charge is -2.43. The van der Waals surface area contributed by atoms with Crippen molar-refractivity contribution in [2.24, 2.45) is 17.8 Å². The lowest BCUT2D eigenvalue weighted by Crippen LogP contribution is -2.47. The van der Waals surface area contributed by atoms with Gasteiger partial charge in [0.2, 0.25) is 0 Å². The van der Waals surface area contributed by atoms with Crippen LogP contribution in [0, 0.1) is 17.8 Å². The molecule has 1 rings (SSSR count). The normalized spacial score (nSPS) is 32.0. The lowest BCUT2D eigenvalue weighted by atomic mass is 9.79. The zero-order chi connectivity index (χ0) is 16.5. The zero-order valence-corrected chi connectivity index (χ0v) is 14.4. The summed E-state index contributed by atoms with van der Waals surface area (Å²) in [4.78, 5) is 11.0. The number of esters is 1. The van der Waals surface area contributed by atoms with Crippen LogP contribution in [0.15, 0.2) is 0 Å². The molecule has 0 aromatic carbocycles. The number of hydrogen-bond acceptors (Lipinski definition) is 5. The first-order valence-electron chi connectivity index (χ1n) is 8.48. The number of aliphatic hydroxyl groups excluding tert-OH is 1. The van der Waals surface area contributed by atoms with Crippen molar-refractivity contribution in [2.75, 3.05) is 19.8 Å². The Balaban J connectivity index is 2.38. The molecule has 0 aromatic rings. The molecule has 5 nitrogen and oxygen atoms in total. The summed E-state index contributed by atoms with van der Waals surface area (Å²) in [6.45, 7) is 9.14. The van der Waals surface area contributed by atoms with Gasteiger partial charge >= 0.3 is 5.97 Å². The standard InChI is InChI=1S/C17H32O5/c1-12-13(2)16(11-21-15(4)19)22-17(14(12)3)20-10-8-6-5-7-9-18/h12-14,16-18H,5-11H2,1-4H3/t12-,13?,14+,16?,17-/m1/s1. The quantitative estimate of drug-likeness (QED) is 0.523. The van der Waals surface area contributed by atoms with Crippen molar-refractivity contribution in [3.8, 4) is 0 Å². The second-order valence-corrected chi connectivity index (χ2v) is 6.43. The summed E-state index contributed by atoms with van der Waals surface area (Å²) in [6.07, 6.45) is 3.59. The van der Waals surface area contributed by atoms with Crippen molar-refractivity contribution in [3.05, 3.63) is 0 Å². The highest BCUT2D eigenvalue weighted by Crippen LogP contribution is 2.35. The highest BCUT2D eigenvalue weighted by Gasteiger charge is 2.39. The van der Waals surface area contributed by atoms with E-state index in [9.17, 15) is 4.79 Å². The Morgan fingerprint density at radius 1 is 1.05 bits per heavy atom. The largest absolute Gasteiger partial charge is 0.463 e. The topological polar surface area (TPSA) is 65.0 Å². The minimum Gasteiger partial charge on any atom is -0.463 e. The van der Waals surface area contributed by atoms with Gasteiger partial charge in [-0.15, -0.1) is 0 Å². The Labute approximate surface area is 134 Å². The van der Waals surface area contributed by atoms with Crippen LogP contribution in [0.2, 0.25) is 0 Å². The minimum absolute atomic E-state index is 0.102. The predicted molar refractivity (Wildman–Crippen MR) is 84.3 cm³/mol. The highest BCUT2D eigenvalue weighted by atomic mass is 16.7. The Kier molecular flexibility index (Phi) is 8.98. The first-order valence-corrected chi connectivity index (χ1v) is 8.48. The number of rotatable bonds is 9. The van der Waals surface area contributed by atoms with E-state index in [1.807, 2.05) is 0 Å². The van der Waals surface area contributed by atoms with Gasteiger partial charge in [0, 0.05) is 26.1 Å². The van der Waals surface area contributed by atoms with Crippen LogP contribution in [0.4, 0.5) is 0 Å². The van der Waals surface area contributed by atoms with Gasteiger partial charge in [-0.3, -0.25) is 4.79 Å². The van der Waals surface area contributed by atoms with Crippen LogP contribution in [-0.2, 0) is 19.0 Å². The van der Waals surface area contributed by atoms with Gasteiger partial charge in [0.15, 0.2) is 6.29 Å². The third-order valence-corrected chi connectivity index (χ3v) is 4.77. The van der Waals surface area contributed by atoms with E-state index in [1.54, 1.807) is 0 Å². The Morgan fingerprint density at radius 3 is 2.36 bits per heavy atom. The summed E-state index contributed by atoms with van der Waals surface area (Å²) < 4.78 is 17.0. The van der Waals surface area contributed by atoms with Crippen LogP contribution < -0.4 is 0 Å². The van der Waals surface area contributed by atoms with E-state index in [4.69, 9.17) is 19.3 Å². The molecule has 1 heterocycles.